The molecule has 13 heavy (non-hydrogen) atoms. The summed E-state index contributed by atoms with van der Waals surface area (Å²) in [5.41, 5.74) is 0.941. The number of nitrogens with one attached hydrogen (secondary N) is 1. The molecular formula is C9H10FNOS. The number of para-hydroxylation sites is 1. The first-order valence-corrected chi connectivity index (χ1v) is 4.44. The average Bonchev–Trinajstić information content (AvgIpc) is 2.11. The number of halogens is 1. The zero-order valence-corrected chi connectivity index (χ0v) is 8.07. The molecule has 0 aliphatic carbocycles. The summed E-state index contributed by atoms with van der Waals surface area (Å²) in [6.07, 6.45) is 0. The van der Waals surface area contributed by atoms with E-state index in [4.69, 9.17) is 0 Å². The molecule has 1 amide bonds. The highest BCUT2D eigenvalue weighted by atomic mass is 32.1. The summed E-state index contributed by atoms with van der Waals surface area (Å²) in [5, 5.41) is 2.44. The van der Waals surface area contributed by atoms with E-state index >= 15 is 0 Å². The van der Waals surface area contributed by atoms with E-state index in [9.17, 15) is 9.18 Å². The van der Waals surface area contributed by atoms with Gasteiger partial charge in [-0.3, -0.25) is 4.79 Å². The molecule has 0 aliphatic heterocycles. The average molecular weight is 199 g/mol. The fourth-order valence-electron chi connectivity index (χ4n) is 0.969. The van der Waals surface area contributed by atoms with Crippen LogP contribution in [0, 0.1) is 12.7 Å². The Morgan fingerprint density at radius 2 is 2.31 bits per heavy atom. The van der Waals surface area contributed by atoms with Gasteiger partial charge in [-0.15, -0.1) is 0 Å². The minimum Gasteiger partial charge on any atom is -0.323 e. The molecule has 2 nitrogen and oxygen atoms in total. The van der Waals surface area contributed by atoms with Crippen LogP contribution in [0.1, 0.15) is 5.56 Å². The molecule has 0 aliphatic rings. The van der Waals surface area contributed by atoms with E-state index in [-0.39, 0.29) is 17.3 Å². The van der Waals surface area contributed by atoms with Gasteiger partial charge < -0.3 is 5.32 Å². The quantitative estimate of drug-likeness (QED) is 0.701. The topological polar surface area (TPSA) is 29.1 Å². The van der Waals surface area contributed by atoms with Gasteiger partial charge in [0.15, 0.2) is 0 Å². The maximum atomic E-state index is 13.1. The number of anilines is 1. The molecule has 0 aromatic heterocycles. The van der Waals surface area contributed by atoms with Crippen molar-refractivity contribution in [1.29, 1.82) is 0 Å². The van der Waals surface area contributed by atoms with Crippen molar-refractivity contribution in [3.8, 4) is 0 Å². The lowest BCUT2D eigenvalue weighted by Crippen LogP contribution is -2.14. The third-order valence-corrected chi connectivity index (χ3v) is 1.92. The maximum Gasteiger partial charge on any atom is 0.234 e. The molecular weight excluding hydrogens is 189 g/mol. The van der Waals surface area contributed by atoms with Crippen LogP contribution in [0.25, 0.3) is 0 Å². The lowest BCUT2D eigenvalue weighted by Gasteiger charge is -2.07. The van der Waals surface area contributed by atoms with Crippen molar-refractivity contribution in [3.63, 3.8) is 0 Å². The molecule has 0 saturated carbocycles. The lowest BCUT2D eigenvalue weighted by atomic mass is 10.2. The van der Waals surface area contributed by atoms with E-state index in [0.717, 1.165) is 0 Å². The molecule has 0 atom stereocenters. The van der Waals surface area contributed by atoms with Gasteiger partial charge in [0.05, 0.1) is 11.4 Å². The summed E-state index contributed by atoms with van der Waals surface area (Å²) in [4.78, 5) is 10.9. The number of hydrogen-bond acceptors (Lipinski definition) is 2. The second-order valence-corrected chi connectivity index (χ2v) is 2.95. The molecule has 1 N–H and O–H groups in total. The highest BCUT2D eigenvalue weighted by Gasteiger charge is 2.07. The minimum atomic E-state index is -0.421. The van der Waals surface area contributed by atoms with Crippen LogP contribution in [-0.2, 0) is 4.79 Å². The van der Waals surface area contributed by atoms with Crippen LogP contribution < -0.4 is 5.32 Å². The Labute approximate surface area is 81.6 Å². The standard InChI is InChI=1S/C9H10FNOS/c1-6-3-2-4-7(10)9(6)11-8(12)5-13/h2-4,13H,5H2,1H3,(H,11,12). The largest absolute Gasteiger partial charge is 0.323 e. The van der Waals surface area contributed by atoms with Gasteiger partial charge in [-0.05, 0) is 18.6 Å². The monoisotopic (exact) mass is 199 g/mol. The van der Waals surface area contributed by atoms with E-state index in [1.54, 1.807) is 19.1 Å². The Hall–Kier alpha value is -1.03. The van der Waals surface area contributed by atoms with Gasteiger partial charge in [0.2, 0.25) is 5.91 Å². The molecule has 1 rings (SSSR count). The highest BCUT2D eigenvalue weighted by molar-refractivity contribution is 7.81. The third kappa shape index (κ3) is 2.45. The third-order valence-electron chi connectivity index (χ3n) is 1.63. The smallest absolute Gasteiger partial charge is 0.234 e. The second-order valence-electron chi connectivity index (χ2n) is 2.64. The van der Waals surface area contributed by atoms with Gasteiger partial charge in [0, 0.05) is 0 Å². The zero-order chi connectivity index (χ0) is 9.84. The van der Waals surface area contributed by atoms with Gasteiger partial charge in [0.1, 0.15) is 5.82 Å². The fourth-order valence-corrected chi connectivity index (χ4v) is 1.05. The van der Waals surface area contributed by atoms with Crippen molar-refractivity contribution in [3.05, 3.63) is 29.6 Å². The Morgan fingerprint density at radius 1 is 1.62 bits per heavy atom. The number of aryl methyl sites for hydroxylation is 1. The van der Waals surface area contributed by atoms with Gasteiger partial charge in [-0.1, -0.05) is 12.1 Å². The molecule has 0 radical (unpaired) electrons. The second kappa shape index (κ2) is 4.28. The van der Waals surface area contributed by atoms with Crippen molar-refractivity contribution < 1.29 is 9.18 Å². The molecule has 0 unspecified atom stereocenters. The van der Waals surface area contributed by atoms with Crippen molar-refractivity contribution in [2.24, 2.45) is 0 Å². The summed E-state index contributed by atoms with van der Waals surface area (Å²) < 4.78 is 13.1. The molecule has 0 bridgehead atoms. The number of carbonyl (C=O) groups is 1. The molecule has 0 saturated heterocycles. The van der Waals surface area contributed by atoms with Gasteiger partial charge in [0.25, 0.3) is 0 Å². The van der Waals surface area contributed by atoms with Crippen molar-refractivity contribution in [1.82, 2.24) is 0 Å². The van der Waals surface area contributed by atoms with Gasteiger partial charge in [-0.25, -0.2) is 4.39 Å². The van der Waals surface area contributed by atoms with Crippen LogP contribution in [-0.4, -0.2) is 11.7 Å². The van der Waals surface area contributed by atoms with Crippen LogP contribution in [0.4, 0.5) is 10.1 Å². The molecule has 1 aromatic carbocycles. The highest BCUT2D eigenvalue weighted by Crippen LogP contribution is 2.18. The molecule has 4 heteroatoms. The number of thiol groups is 1. The van der Waals surface area contributed by atoms with Crippen LogP contribution >= 0.6 is 12.6 Å². The normalized spacial score (nSPS) is 9.77. The van der Waals surface area contributed by atoms with E-state index in [1.807, 2.05) is 0 Å². The number of benzene rings is 1. The van der Waals surface area contributed by atoms with E-state index in [1.165, 1.54) is 6.07 Å². The van der Waals surface area contributed by atoms with Crippen LogP contribution in [0.3, 0.4) is 0 Å². The summed E-state index contributed by atoms with van der Waals surface area (Å²) in [7, 11) is 0. The maximum absolute atomic E-state index is 13.1. The van der Waals surface area contributed by atoms with E-state index < -0.39 is 5.82 Å². The Kier molecular flexibility index (Phi) is 3.31. The Bertz CT molecular complexity index is 307. The number of amides is 1. The van der Waals surface area contributed by atoms with E-state index in [2.05, 4.69) is 17.9 Å². The molecule has 0 heterocycles. The Balaban J connectivity index is 2.93. The first-order chi connectivity index (χ1) is 6.15. The predicted octanol–water partition coefficient (Wildman–Crippen LogP) is 2.00. The van der Waals surface area contributed by atoms with Crippen LogP contribution in [0.5, 0.6) is 0 Å². The molecule has 0 spiro atoms. The van der Waals surface area contributed by atoms with Crippen LogP contribution in [0.15, 0.2) is 18.2 Å². The first-order valence-electron chi connectivity index (χ1n) is 3.81. The number of carbonyl (C=O) groups excluding carboxylic acids is 1. The summed E-state index contributed by atoms with van der Waals surface area (Å²) >= 11 is 3.78. The van der Waals surface area contributed by atoms with Crippen molar-refractivity contribution in [2.75, 3.05) is 11.1 Å². The minimum absolute atomic E-state index is 0.0494. The first kappa shape index (κ1) is 10.1. The van der Waals surface area contributed by atoms with Gasteiger partial charge in [-0.2, -0.15) is 12.6 Å². The molecule has 1 aromatic rings. The summed E-state index contributed by atoms with van der Waals surface area (Å²) in [6.45, 7) is 1.73. The van der Waals surface area contributed by atoms with Gasteiger partial charge >= 0.3 is 0 Å². The number of hydrogen-bond donors (Lipinski definition) is 2. The lowest BCUT2D eigenvalue weighted by molar-refractivity contribution is -0.113. The summed E-state index contributed by atoms with van der Waals surface area (Å²) in [6, 6.07) is 4.64. The molecule has 70 valence electrons. The Morgan fingerprint density at radius 3 is 2.85 bits per heavy atom. The van der Waals surface area contributed by atoms with Crippen LogP contribution in [0.2, 0.25) is 0 Å². The van der Waals surface area contributed by atoms with Crippen molar-refractivity contribution >= 4 is 24.2 Å². The number of rotatable bonds is 2. The fraction of sp³-hybridized carbons (Fsp3) is 0.222. The van der Waals surface area contributed by atoms with Crippen molar-refractivity contribution in [2.45, 2.75) is 6.92 Å². The SMILES string of the molecule is Cc1cccc(F)c1NC(=O)CS. The summed E-state index contributed by atoms with van der Waals surface area (Å²) in [5.74, 6) is -0.681. The molecule has 0 fully saturated rings. The van der Waals surface area contributed by atoms with E-state index in [0.29, 0.717) is 5.56 Å². The predicted molar refractivity (Wildman–Crippen MR) is 53.6 cm³/mol. The zero-order valence-electron chi connectivity index (χ0n) is 7.17.